The molecule has 0 aliphatic heterocycles. The fraction of sp³-hybridized carbons (Fsp3) is 0.844. The normalized spacial score (nSPS) is 51.4. The van der Waals surface area contributed by atoms with Gasteiger partial charge < -0.3 is 16.2 Å². The van der Waals surface area contributed by atoms with Crippen molar-refractivity contribution in [2.75, 3.05) is 0 Å². The van der Waals surface area contributed by atoms with Gasteiger partial charge in [-0.05, 0) is 97.4 Å². The average Bonchev–Trinajstić information content (AvgIpc) is 2.79. The highest BCUT2D eigenvalue weighted by Gasteiger charge is 2.71. The van der Waals surface area contributed by atoms with Gasteiger partial charge in [-0.2, -0.15) is 0 Å². The first-order valence-electron chi connectivity index (χ1n) is 14.9. The molecule has 0 aromatic heterocycles. The molecule has 38 heavy (non-hydrogen) atoms. The Morgan fingerprint density at radius 3 is 2.18 bits per heavy atom. The molecule has 4 N–H and O–H groups in total. The molecule has 4 saturated carbocycles. The van der Waals surface area contributed by atoms with E-state index in [1.54, 1.807) is 0 Å². The quantitative estimate of drug-likeness (QED) is 0.425. The van der Waals surface area contributed by atoms with Gasteiger partial charge >= 0.3 is 0 Å². The molecule has 0 heterocycles. The lowest BCUT2D eigenvalue weighted by Crippen LogP contribution is -2.71. The molecule has 0 aromatic rings. The van der Waals surface area contributed by atoms with Crippen LogP contribution in [0.3, 0.4) is 0 Å². The van der Waals surface area contributed by atoms with E-state index in [2.05, 4.69) is 46.9 Å². The maximum atomic E-state index is 14.4. The molecule has 5 rings (SSSR count). The van der Waals surface area contributed by atoms with E-state index in [0.717, 1.165) is 44.9 Å². The van der Waals surface area contributed by atoms with Crippen molar-refractivity contribution in [2.45, 2.75) is 119 Å². The van der Waals surface area contributed by atoms with Crippen molar-refractivity contribution in [3.05, 3.63) is 11.6 Å². The van der Waals surface area contributed by atoms with Crippen LogP contribution in [-0.4, -0.2) is 28.4 Å². The lowest BCUT2D eigenvalue weighted by atomic mass is 9.33. The Labute approximate surface area is 229 Å². The summed E-state index contributed by atoms with van der Waals surface area (Å²) in [4.78, 5) is 39.0. The number of aliphatic hydroxyl groups is 1. The van der Waals surface area contributed by atoms with Gasteiger partial charge in [-0.15, -0.1) is 0 Å². The monoisotopic (exact) mass is 526 g/mol. The summed E-state index contributed by atoms with van der Waals surface area (Å²) in [5.74, 6) is -0.0694. The smallest absolute Gasteiger partial charge is 0.223 e. The molecular weight excluding hydrogens is 476 g/mol. The molecule has 212 valence electrons. The van der Waals surface area contributed by atoms with Gasteiger partial charge in [0.05, 0.1) is 0 Å². The van der Waals surface area contributed by atoms with Gasteiger partial charge in [0.2, 0.25) is 11.8 Å². The zero-order valence-electron chi connectivity index (χ0n) is 24.9. The van der Waals surface area contributed by atoms with Crippen LogP contribution in [0.4, 0.5) is 0 Å². The molecular formula is C32H50N2O4. The molecule has 5 aliphatic rings. The molecule has 0 spiro atoms. The first kappa shape index (κ1) is 27.9. The molecule has 9 atom stereocenters. The summed E-state index contributed by atoms with van der Waals surface area (Å²) in [7, 11) is 0. The van der Waals surface area contributed by atoms with E-state index in [4.69, 9.17) is 5.73 Å². The van der Waals surface area contributed by atoms with Crippen molar-refractivity contribution >= 4 is 17.6 Å². The number of primary amides is 1. The summed E-state index contributed by atoms with van der Waals surface area (Å²) >= 11 is 0. The molecule has 5 aliphatic carbocycles. The van der Waals surface area contributed by atoms with Crippen molar-refractivity contribution in [3.63, 3.8) is 0 Å². The Balaban J connectivity index is 1.59. The maximum Gasteiger partial charge on any atom is 0.223 e. The minimum absolute atomic E-state index is 0.0898. The molecule has 0 aromatic carbocycles. The lowest BCUT2D eigenvalue weighted by molar-refractivity contribution is -0.238. The summed E-state index contributed by atoms with van der Waals surface area (Å²) in [5, 5.41) is 14.6. The number of hydrogen-bond acceptors (Lipinski definition) is 4. The molecule has 0 radical (unpaired) electrons. The van der Waals surface area contributed by atoms with Gasteiger partial charge in [0.25, 0.3) is 0 Å². The van der Waals surface area contributed by atoms with Crippen LogP contribution in [0.5, 0.6) is 0 Å². The number of ketones is 1. The fourth-order valence-corrected chi connectivity index (χ4v) is 10.9. The van der Waals surface area contributed by atoms with Gasteiger partial charge in [-0.3, -0.25) is 14.4 Å². The Hall–Kier alpha value is -1.69. The van der Waals surface area contributed by atoms with Crippen molar-refractivity contribution in [1.29, 1.82) is 0 Å². The summed E-state index contributed by atoms with van der Waals surface area (Å²) < 4.78 is 0. The molecule has 4 fully saturated rings. The third kappa shape index (κ3) is 3.31. The molecule has 0 saturated heterocycles. The van der Waals surface area contributed by atoms with Gasteiger partial charge in [0.15, 0.2) is 5.78 Å². The van der Waals surface area contributed by atoms with Crippen LogP contribution in [0.1, 0.15) is 113 Å². The van der Waals surface area contributed by atoms with E-state index in [1.165, 1.54) is 12.5 Å². The predicted molar refractivity (Wildman–Crippen MR) is 147 cm³/mol. The van der Waals surface area contributed by atoms with Crippen molar-refractivity contribution < 1.29 is 19.5 Å². The average molecular weight is 527 g/mol. The number of carbonyl (C=O) groups is 3. The number of fused-ring (bicyclic) bond motifs is 7. The first-order chi connectivity index (χ1) is 17.3. The summed E-state index contributed by atoms with van der Waals surface area (Å²) in [5.41, 5.74) is 4.28. The highest BCUT2D eigenvalue weighted by atomic mass is 16.3. The number of rotatable bonds is 2. The van der Waals surface area contributed by atoms with Crippen LogP contribution in [0, 0.1) is 50.2 Å². The van der Waals surface area contributed by atoms with Crippen LogP contribution in [-0.2, 0) is 14.4 Å². The Morgan fingerprint density at radius 2 is 1.58 bits per heavy atom. The third-order valence-corrected chi connectivity index (χ3v) is 13.8. The molecule has 0 bridgehead atoms. The van der Waals surface area contributed by atoms with Crippen molar-refractivity contribution in [2.24, 2.45) is 56.0 Å². The zero-order valence-corrected chi connectivity index (χ0v) is 24.9. The van der Waals surface area contributed by atoms with Gasteiger partial charge in [0.1, 0.15) is 5.72 Å². The highest BCUT2D eigenvalue weighted by molar-refractivity contribution is 5.95. The van der Waals surface area contributed by atoms with Crippen molar-refractivity contribution in [3.8, 4) is 0 Å². The Bertz CT molecular complexity index is 1130. The number of hydrogen-bond donors (Lipinski definition) is 3. The van der Waals surface area contributed by atoms with Crippen molar-refractivity contribution in [1.82, 2.24) is 5.32 Å². The van der Waals surface area contributed by atoms with E-state index >= 15 is 0 Å². The standard InChI is InChI=1S/C32H50N2O4/c1-19(35)34-32(38)16-14-29(6)23(26(32,2)3)9-10-31(8)24(29)22(36)17-20-21-18-28(5,25(33)37)12-11-27(21,4)13-15-30(20,31)7/h17,21,23-24,38H,9-16,18H2,1-8H3,(H2,33,37)(H,34,35)/t21-,23?,24+,27+,28-,29-,30+,31+,32+/m0/s1. The van der Waals surface area contributed by atoms with E-state index in [1.807, 2.05) is 13.0 Å². The number of allylic oxidation sites excluding steroid dienone is 2. The molecule has 6 nitrogen and oxygen atoms in total. The van der Waals surface area contributed by atoms with Crippen LogP contribution < -0.4 is 11.1 Å². The van der Waals surface area contributed by atoms with E-state index < -0.39 is 16.6 Å². The predicted octanol–water partition coefficient (Wildman–Crippen LogP) is 5.28. The van der Waals surface area contributed by atoms with Crippen LogP contribution in [0.2, 0.25) is 0 Å². The highest BCUT2D eigenvalue weighted by Crippen LogP contribution is 2.75. The minimum atomic E-state index is -1.28. The Morgan fingerprint density at radius 1 is 0.947 bits per heavy atom. The first-order valence-corrected chi connectivity index (χ1v) is 14.9. The lowest BCUT2D eigenvalue weighted by Gasteiger charge is -2.71. The number of nitrogens with one attached hydrogen (secondary N) is 1. The second-order valence-corrected chi connectivity index (χ2v) is 15.9. The van der Waals surface area contributed by atoms with Gasteiger partial charge in [-0.1, -0.05) is 54.0 Å². The van der Waals surface area contributed by atoms with Crippen LogP contribution in [0.15, 0.2) is 11.6 Å². The van der Waals surface area contributed by atoms with Crippen LogP contribution >= 0.6 is 0 Å². The third-order valence-electron chi connectivity index (χ3n) is 13.8. The van der Waals surface area contributed by atoms with E-state index in [0.29, 0.717) is 12.8 Å². The summed E-state index contributed by atoms with van der Waals surface area (Å²) in [6.07, 6.45) is 9.64. The molecule has 1 unspecified atom stereocenters. The Kier molecular flexibility index (Phi) is 5.83. The van der Waals surface area contributed by atoms with Gasteiger partial charge in [-0.25, -0.2) is 0 Å². The van der Waals surface area contributed by atoms with E-state index in [9.17, 15) is 19.5 Å². The second kappa shape index (κ2) is 7.95. The SMILES string of the molecule is CC(=O)N[C@@]1(O)CC[C@@]2(C)C(CC[C@]3(C)[C@@H]2C(=O)C=C2[C@@H]4C[C@@](C)(C(N)=O)CC[C@]4(C)CC[C@]23C)C1(C)C. The van der Waals surface area contributed by atoms with E-state index in [-0.39, 0.29) is 57.0 Å². The molecule has 2 amide bonds. The molecule has 6 heteroatoms. The largest absolute Gasteiger partial charge is 0.370 e. The fourth-order valence-electron chi connectivity index (χ4n) is 10.9. The van der Waals surface area contributed by atoms with Gasteiger partial charge in [0, 0.05) is 23.7 Å². The number of amides is 2. The second-order valence-electron chi connectivity index (χ2n) is 15.9. The minimum Gasteiger partial charge on any atom is -0.370 e. The number of carbonyl (C=O) groups excluding carboxylic acids is 3. The number of nitrogens with two attached hydrogens (primary N) is 1. The maximum absolute atomic E-state index is 14.4. The topological polar surface area (TPSA) is 109 Å². The van der Waals surface area contributed by atoms with Crippen LogP contribution in [0.25, 0.3) is 0 Å². The summed E-state index contributed by atoms with van der Waals surface area (Å²) in [6, 6.07) is 0. The zero-order chi connectivity index (χ0) is 28.3. The summed E-state index contributed by atoms with van der Waals surface area (Å²) in [6.45, 7) is 17.0.